The van der Waals surface area contributed by atoms with Crippen molar-refractivity contribution in [3.05, 3.63) is 11.8 Å². The second-order valence-corrected chi connectivity index (χ2v) is 2.84. The van der Waals surface area contributed by atoms with Crippen molar-refractivity contribution in [2.75, 3.05) is 24.0 Å². The highest BCUT2D eigenvalue weighted by molar-refractivity contribution is 5.45. The van der Waals surface area contributed by atoms with Crippen LogP contribution in [0.2, 0.25) is 0 Å². The third-order valence-corrected chi connectivity index (χ3v) is 1.70. The van der Waals surface area contributed by atoms with E-state index < -0.39 is 0 Å². The summed E-state index contributed by atoms with van der Waals surface area (Å²) < 4.78 is 11.8. The van der Waals surface area contributed by atoms with Crippen molar-refractivity contribution in [2.24, 2.45) is 5.84 Å². The maximum Gasteiger partial charge on any atom is 0.239 e. The van der Waals surface area contributed by atoms with Crippen LogP contribution in [0.5, 0.6) is 0 Å². The Bertz CT molecular complexity index is 291. The molecule has 0 aromatic carbocycles. The highest BCUT2D eigenvalue weighted by Crippen LogP contribution is 2.11. The Balaban J connectivity index is 2.64. The van der Waals surface area contributed by atoms with E-state index in [0.29, 0.717) is 24.7 Å². The number of anilines is 2. The second kappa shape index (κ2) is 5.33. The molecule has 0 amide bonds. The molecule has 1 rings (SSSR count). The van der Waals surface area contributed by atoms with Crippen LogP contribution in [0, 0.1) is 6.92 Å². The molecular weight excluding hydrogens is 185 g/mol. The van der Waals surface area contributed by atoms with Crippen LogP contribution < -0.4 is 16.6 Å². The predicted molar refractivity (Wildman–Crippen MR) is 53.7 cm³/mol. The number of rotatable bonds is 5. The number of nitrogen functional groups attached to an aromatic ring is 1. The van der Waals surface area contributed by atoms with E-state index in [1.165, 1.54) is 0 Å². The molecule has 0 fully saturated rings. The number of aryl methyl sites for hydroxylation is 1. The van der Waals surface area contributed by atoms with Crippen molar-refractivity contribution < 1.29 is 4.39 Å². The standard InChI is InChI=1S/C8H14FN5/c1-6-5-12-8(14-10)13-7(6)11-4-2-3-9/h5H,2-4,10H2,1H3,(H2,11,12,13,14). The first-order valence-corrected chi connectivity index (χ1v) is 4.38. The monoisotopic (exact) mass is 199 g/mol. The van der Waals surface area contributed by atoms with E-state index in [4.69, 9.17) is 5.84 Å². The number of nitrogens with one attached hydrogen (secondary N) is 2. The number of halogens is 1. The molecule has 5 nitrogen and oxygen atoms in total. The van der Waals surface area contributed by atoms with Gasteiger partial charge in [0.25, 0.3) is 0 Å². The molecule has 78 valence electrons. The molecule has 0 unspecified atom stereocenters. The number of aromatic nitrogens is 2. The smallest absolute Gasteiger partial charge is 0.239 e. The van der Waals surface area contributed by atoms with Crippen molar-refractivity contribution >= 4 is 11.8 Å². The average molecular weight is 199 g/mol. The van der Waals surface area contributed by atoms with Gasteiger partial charge in [-0.05, 0) is 13.3 Å². The number of nitrogens with zero attached hydrogens (tertiary/aromatic N) is 2. The van der Waals surface area contributed by atoms with Crippen LogP contribution in [0.4, 0.5) is 16.2 Å². The molecule has 1 aromatic rings. The maximum absolute atomic E-state index is 11.8. The normalized spacial score (nSPS) is 9.93. The minimum Gasteiger partial charge on any atom is -0.370 e. The fraction of sp³-hybridized carbons (Fsp3) is 0.500. The van der Waals surface area contributed by atoms with Gasteiger partial charge < -0.3 is 5.32 Å². The van der Waals surface area contributed by atoms with Crippen molar-refractivity contribution in [1.29, 1.82) is 0 Å². The second-order valence-electron chi connectivity index (χ2n) is 2.84. The van der Waals surface area contributed by atoms with Crippen LogP contribution in [0.25, 0.3) is 0 Å². The first kappa shape index (κ1) is 10.6. The largest absolute Gasteiger partial charge is 0.370 e. The van der Waals surface area contributed by atoms with E-state index >= 15 is 0 Å². The summed E-state index contributed by atoms with van der Waals surface area (Å²) in [5.74, 6) is 6.19. The van der Waals surface area contributed by atoms with Gasteiger partial charge in [0.05, 0.1) is 6.67 Å². The first-order valence-electron chi connectivity index (χ1n) is 4.38. The summed E-state index contributed by atoms with van der Waals surface area (Å²) in [6.07, 6.45) is 2.12. The first-order chi connectivity index (χ1) is 6.77. The molecule has 0 saturated carbocycles. The molecule has 0 radical (unpaired) electrons. The van der Waals surface area contributed by atoms with Crippen molar-refractivity contribution in [2.45, 2.75) is 13.3 Å². The molecule has 4 N–H and O–H groups in total. The molecule has 0 atom stereocenters. The van der Waals surface area contributed by atoms with E-state index in [9.17, 15) is 4.39 Å². The van der Waals surface area contributed by atoms with Crippen LogP contribution in [-0.2, 0) is 0 Å². The van der Waals surface area contributed by atoms with Gasteiger partial charge in [-0.3, -0.25) is 9.82 Å². The summed E-state index contributed by atoms with van der Waals surface area (Å²) in [4.78, 5) is 8.01. The van der Waals surface area contributed by atoms with Crippen molar-refractivity contribution in [1.82, 2.24) is 9.97 Å². The van der Waals surface area contributed by atoms with E-state index in [1.807, 2.05) is 6.92 Å². The Labute approximate surface area is 81.9 Å². The minimum absolute atomic E-state index is 0.334. The van der Waals surface area contributed by atoms with Gasteiger partial charge in [-0.1, -0.05) is 0 Å². The van der Waals surface area contributed by atoms with Gasteiger partial charge in [-0.25, -0.2) is 10.8 Å². The van der Waals surface area contributed by atoms with Gasteiger partial charge in [-0.15, -0.1) is 0 Å². The van der Waals surface area contributed by atoms with Gasteiger partial charge in [0.15, 0.2) is 0 Å². The molecule has 14 heavy (non-hydrogen) atoms. The predicted octanol–water partition coefficient (Wildman–Crippen LogP) is 0.842. The van der Waals surface area contributed by atoms with Gasteiger partial charge in [0.2, 0.25) is 5.95 Å². The molecular formula is C8H14FN5. The summed E-state index contributed by atoms with van der Waals surface area (Å²) in [5, 5.41) is 3.00. The Hall–Kier alpha value is -1.43. The Kier molecular flexibility index (Phi) is 4.06. The topological polar surface area (TPSA) is 75.9 Å². The molecule has 0 spiro atoms. The van der Waals surface area contributed by atoms with Crippen LogP contribution in [0.15, 0.2) is 6.20 Å². The Morgan fingerprint density at radius 1 is 1.57 bits per heavy atom. The number of alkyl halides is 1. The molecule has 0 bridgehead atoms. The average Bonchev–Trinajstić information content (AvgIpc) is 2.21. The molecule has 1 aromatic heterocycles. The highest BCUT2D eigenvalue weighted by Gasteiger charge is 2.01. The molecule has 0 saturated heterocycles. The molecule has 0 aliphatic carbocycles. The van der Waals surface area contributed by atoms with Gasteiger partial charge in [0, 0.05) is 18.3 Å². The van der Waals surface area contributed by atoms with Gasteiger partial charge >= 0.3 is 0 Å². The SMILES string of the molecule is Cc1cnc(NN)nc1NCCCF. The summed E-state index contributed by atoms with van der Waals surface area (Å²) in [6.45, 7) is 2.09. The van der Waals surface area contributed by atoms with E-state index in [-0.39, 0.29) is 6.67 Å². The number of hydrazine groups is 1. The molecule has 0 aliphatic rings. The van der Waals surface area contributed by atoms with E-state index in [0.717, 1.165) is 5.56 Å². The molecule has 0 aliphatic heterocycles. The third kappa shape index (κ3) is 2.81. The fourth-order valence-electron chi connectivity index (χ4n) is 0.964. The summed E-state index contributed by atoms with van der Waals surface area (Å²) >= 11 is 0. The van der Waals surface area contributed by atoms with Crippen molar-refractivity contribution in [3.8, 4) is 0 Å². The summed E-state index contributed by atoms with van der Waals surface area (Å²) in [6, 6.07) is 0. The van der Waals surface area contributed by atoms with Gasteiger partial charge in [0.1, 0.15) is 5.82 Å². The lowest BCUT2D eigenvalue weighted by Crippen LogP contribution is -2.13. The lowest BCUT2D eigenvalue weighted by atomic mass is 10.3. The molecule has 6 heteroatoms. The van der Waals surface area contributed by atoms with Crippen LogP contribution in [0.1, 0.15) is 12.0 Å². The Morgan fingerprint density at radius 2 is 2.36 bits per heavy atom. The fourth-order valence-corrected chi connectivity index (χ4v) is 0.964. The zero-order chi connectivity index (χ0) is 10.4. The quantitative estimate of drug-likeness (QED) is 0.372. The van der Waals surface area contributed by atoms with Crippen LogP contribution >= 0.6 is 0 Å². The molecule has 1 heterocycles. The summed E-state index contributed by atoms with van der Waals surface area (Å²) in [5.41, 5.74) is 3.25. The number of hydrogen-bond acceptors (Lipinski definition) is 5. The van der Waals surface area contributed by atoms with Gasteiger partial charge in [-0.2, -0.15) is 4.98 Å². The number of hydrogen-bond donors (Lipinski definition) is 3. The third-order valence-electron chi connectivity index (χ3n) is 1.70. The number of nitrogens with two attached hydrogens (primary N) is 1. The lowest BCUT2D eigenvalue weighted by Gasteiger charge is -2.08. The van der Waals surface area contributed by atoms with Crippen LogP contribution in [0.3, 0.4) is 0 Å². The highest BCUT2D eigenvalue weighted by atomic mass is 19.1. The van der Waals surface area contributed by atoms with E-state index in [1.54, 1.807) is 6.20 Å². The van der Waals surface area contributed by atoms with Crippen LogP contribution in [-0.4, -0.2) is 23.2 Å². The summed E-state index contributed by atoms with van der Waals surface area (Å²) in [7, 11) is 0. The zero-order valence-corrected chi connectivity index (χ0v) is 8.05. The maximum atomic E-state index is 11.8. The zero-order valence-electron chi connectivity index (χ0n) is 8.05. The van der Waals surface area contributed by atoms with Crippen molar-refractivity contribution in [3.63, 3.8) is 0 Å². The van der Waals surface area contributed by atoms with E-state index in [2.05, 4.69) is 20.7 Å². The Morgan fingerprint density at radius 3 is 3.00 bits per heavy atom. The lowest BCUT2D eigenvalue weighted by molar-refractivity contribution is 0.481. The minimum atomic E-state index is -0.334.